The van der Waals surface area contributed by atoms with Gasteiger partial charge < -0.3 is 15.0 Å². The maximum absolute atomic E-state index is 5.52. The van der Waals surface area contributed by atoms with E-state index in [-0.39, 0.29) is 0 Å². The Labute approximate surface area is 106 Å². The van der Waals surface area contributed by atoms with Crippen LogP contribution in [0.1, 0.15) is 32.6 Å². The van der Waals surface area contributed by atoms with Gasteiger partial charge in [-0.2, -0.15) is 0 Å². The highest BCUT2D eigenvalue weighted by molar-refractivity contribution is 4.83. The van der Waals surface area contributed by atoms with Gasteiger partial charge in [0.05, 0.1) is 6.61 Å². The summed E-state index contributed by atoms with van der Waals surface area (Å²) < 4.78 is 5.52. The first-order valence-corrected chi connectivity index (χ1v) is 7.15. The minimum atomic E-state index is 0.516. The average molecular weight is 240 g/mol. The molecule has 1 atom stereocenters. The number of piperidine rings is 1. The summed E-state index contributed by atoms with van der Waals surface area (Å²) in [6.45, 7) is 9.20. The molecule has 0 aromatic heterocycles. The van der Waals surface area contributed by atoms with E-state index >= 15 is 0 Å². The SMILES string of the molecule is CN1CCC(C)(CNCC2CCCOC2)CC1. The van der Waals surface area contributed by atoms with Crippen molar-refractivity contribution in [2.75, 3.05) is 46.4 Å². The average Bonchev–Trinajstić information content (AvgIpc) is 2.35. The molecule has 2 aliphatic rings. The lowest BCUT2D eigenvalue weighted by molar-refractivity contribution is 0.0523. The molecule has 0 aromatic rings. The van der Waals surface area contributed by atoms with Crippen molar-refractivity contribution in [1.29, 1.82) is 0 Å². The third-order valence-electron chi connectivity index (χ3n) is 4.43. The molecule has 100 valence electrons. The minimum absolute atomic E-state index is 0.516. The zero-order chi connectivity index (χ0) is 12.1. The molecule has 2 aliphatic heterocycles. The van der Waals surface area contributed by atoms with Gasteiger partial charge in [-0.15, -0.1) is 0 Å². The third-order valence-corrected chi connectivity index (χ3v) is 4.43. The van der Waals surface area contributed by atoms with Gasteiger partial charge in [-0.25, -0.2) is 0 Å². The quantitative estimate of drug-likeness (QED) is 0.810. The van der Waals surface area contributed by atoms with Crippen LogP contribution in [-0.4, -0.2) is 51.3 Å². The number of likely N-dealkylation sites (tertiary alicyclic amines) is 1. The maximum Gasteiger partial charge on any atom is 0.0506 e. The van der Waals surface area contributed by atoms with Gasteiger partial charge in [0, 0.05) is 19.7 Å². The van der Waals surface area contributed by atoms with Crippen LogP contribution in [-0.2, 0) is 4.74 Å². The molecule has 0 spiro atoms. The van der Waals surface area contributed by atoms with Gasteiger partial charge in [0.25, 0.3) is 0 Å². The second-order valence-corrected chi connectivity index (χ2v) is 6.33. The van der Waals surface area contributed by atoms with E-state index in [4.69, 9.17) is 4.74 Å². The molecule has 1 unspecified atom stereocenters. The van der Waals surface area contributed by atoms with Gasteiger partial charge in [-0.3, -0.25) is 0 Å². The zero-order valence-corrected chi connectivity index (χ0v) is 11.5. The second-order valence-electron chi connectivity index (χ2n) is 6.33. The van der Waals surface area contributed by atoms with Crippen molar-refractivity contribution in [2.45, 2.75) is 32.6 Å². The fourth-order valence-electron chi connectivity index (χ4n) is 2.88. The number of nitrogens with one attached hydrogen (secondary N) is 1. The Balaban J connectivity index is 1.63. The van der Waals surface area contributed by atoms with Crippen LogP contribution in [0, 0.1) is 11.3 Å². The summed E-state index contributed by atoms with van der Waals surface area (Å²) in [7, 11) is 2.23. The molecule has 2 rings (SSSR count). The Kier molecular flexibility index (Phi) is 4.83. The van der Waals surface area contributed by atoms with Crippen molar-refractivity contribution in [3.63, 3.8) is 0 Å². The number of hydrogen-bond acceptors (Lipinski definition) is 3. The minimum Gasteiger partial charge on any atom is -0.381 e. The number of nitrogens with zero attached hydrogens (tertiary/aromatic N) is 1. The van der Waals surface area contributed by atoms with Crippen molar-refractivity contribution in [1.82, 2.24) is 10.2 Å². The molecular formula is C14H28N2O. The summed E-state index contributed by atoms with van der Waals surface area (Å²) in [6, 6.07) is 0. The molecular weight excluding hydrogens is 212 g/mol. The number of rotatable bonds is 4. The van der Waals surface area contributed by atoms with Crippen LogP contribution in [0.2, 0.25) is 0 Å². The van der Waals surface area contributed by atoms with Crippen LogP contribution in [0.4, 0.5) is 0 Å². The largest absolute Gasteiger partial charge is 0.381 e. The molecule has 0 bridgehead atoms. The lowest BCUT2D eigenvalue weighted by Gasteiger charge is -2.38. The number of hydrogen-bond donors (Lipinski definition) is 1. The first-order valence-electron chi connectivity index (χ1n) is 7.15. The van der Waals surface area contributed by atoms with E-state index in [0.29, 0.717) is 5.41 Å². The Bertz CT molecular complexity index is 218. The third kappa shape index (κ3) is 4.23. The predicted molar refractivity (Wildman–Crippen MR) is 71.3 cm³/mol. The maximum atomic E-state index is 5.52. The summed E-state index contributed by atoms with van der Waals surface area (Å²) in [5.74, 6) is 0.749. The van der Waals surface area contributed by atoms with Crippen molar-refractivity contribution in [3.8, 4) is 0 Å². The zero-order valence-electron chi connectivity index (χ0n) is 11.5. The first-order chi connectivity index (χ1) is 8.18. The first kappa shape index (κ1) is 13.3. The van der Waals surface area contributed by atoms with E-state index in [0.717, 1.165) is 25.7 Å². The van der Waals surface area contributed by atoms with Crippen LogP contribution < -0.4 is 5.32 Å². The Morgan fingerprint density at radius 1 is 1.35 bits per heavy atom. The molecule has 2 fully saturated rings. The van der Waals surface area contributed by atoms with Gasteiger partial charge in [-0.05, 0) is 57.2 Å². The molecule has 2 heterocycles. The highest BCUT2D eigenvalue weighted by Gasteiger charge is 2.28. The fourth-order valence-corrected chi connectivity index (χ4v) is 2.88. The standard InChI is InChI=1S/C14H28N2O/c1-14(5-7-16(2)8-6-14)12-15-10-13-4-3-9-17-11-13/h13,15H,3-12H2,1-2H3. The van der Waals surface area contributed by atoms with E-state index in [1.54, 1.807) is 0 Å². The monoisotopic (exact) mass is 240 g/mol. The van der Waals surface area contributed by atoms with E-state index in [2.05, 4.69) is 24.2 Å². The number of ether oxygens (including phenoxy) is 1. The predicted octanol–water partition coefficient (Wildman–Crippen LogP) is 1.73. The van der Waals surface area contributed by atoms with E-state index in [1.165, 1.54) is 45.3 Å². The molecule has 0 radical (unpaired) electrons. The molecule has 3 heteroatoms. The Morgan fingerprint density at radius 3 is 2.76 bits per heavy atom. The van der Waals surface area contributed by atoms with Crippen molar-refractivity contribution < 1.29 is 4.74 Å². The smallest absolute Gasteiger partial charge is 0.0506 e. The fraction of sp³-hybridized carbons (Fsp3) is 1.00. The lowest BCUT2D eigenvalue weighted by Crippen LogP contribution is -2.43. The second kappa shape index (κ2) is 6.17. The summed E-state index contributed by atoms with van der Waals surface area (Å²) in [5, 5.41) is 3.68. The molecule has 2 saturated heterocycles. The molecule has 0 aliphatic carbocycles. The van der Waals surface area contributed by atoms with Gasteiger partial charge >= 0.3 is 0 Å². The molecule has 1 N–H and O–H groups in total. The normalized spacial score (nSPS) is 30.4. The summed E-state index contributed by atoms with van der Waals surface area (Å²) in [6.07, 6.45) is 5.25. The topological polar surface area (TPSA) is 24.5 Å². The lowest BCUT2D eigenvalue weighted by atomic mass is 9.80. The summed E-state index contributed by atoms with van der Waals surface area (Å²) in [4.78, 5) is 2.44. The van der Waals surface area contributed by atoms with Crippen LogP contribution in [0.5, 0.6) is 0 Å². The van der Waals surface area contributed by atoms with Gasteiger partial charge in [-0.1, -0.05) is 6.92 Å². The highest BCUT2D eigenvalue weighted by Crippen LogP contribution is 2.29. The molecule has 3 nitrogen and oxygen atoms in total. The van der Waals surface area contributed by atoms with Gasteiger partial charge in [0.1, 0.15) is 0 Å². The van der Waals surface area contributed by atoms with E-state index in [9.17, 15) is 0 Å². The van der Waals surface area contributed by atoms with Crippen LogP contribution >= 0.6 is 0 Å². The van der Waals surface area contributed by atoms with Crippen LogP contribution in [0.15, 0.2) is 0 Å². The van der Waals surface area contributed by atoms with Crippen LogP contribution in [0.25, 0.3) is 0 Å². The van der Waals surface area contributed by atoms with Gasteiger partial charge in [0.15, 0.2) is 0 Å². The molecule has 0 amide bonds. The summed E-state index contributed by atoms with van der Waals surface area (Å²) >= 11 is 0. The molecule has 0 saturated carbocycles. The molecule has 17 heavy (non-hydrogen) atoms. The Morgan fingerprint density at radius 2 is 2.12 bits per heavy atom. The van der Waals surface area contributed by atoms with Crippen LogP contribution in [0.3, 0.4) is 0 Å². The highest BCUT2D eigenvalue weighted by atomic mass is 16.5. The van der Waals surface area contributed by atoms with E-state index in [1.807, 2.05) is 0 Å². The molecule has 0 aromatic carbocycles. The van der Waals surface area contributed by atoms with Gasteiger partial charge in [0.2, 0.25) is 0 Å². The van der Waals surface area contributed by atoms with Crippen molar-refractivity contribution in [3.05, 3.63) is 0 Å². The van der Waals surface area contributed by atoms with E-state index < -0.39 is 0 Å². The Hall–Kier alpha value is -0.120. The van der Waals surface area contributed by atoms with Crippen molar-refractivity contribution >= 4 is 0 Å². The summed E-state index contributed by atoms with van der Waals surface area (Å²) in [5.41, 5.74) is 0.516. The van der Waals surface area contributed by atoms with Crippen molar-refractivity contribution in [2.24, 2.45) is 11.3 Å².